The first-order chi connectivity index (χ1) is 9.56. The fraction of sp³-hybridized carbons (Fsp3) is 0.867. The third-order valence-electron chi connectivity index (χ3n) is 4.69. The number of rotatable bonds is 6. The standard InChI is InChI=1S/C15H26N2O3/c1-3-5-10-16(12-7-8-12)14(20)17-11-6-9-15(17,4-2)13(18)19/h12H,3-11H2,1-2H3,(H,18,19). The van der Waals surface area contributed by atoms with Crippen LogP contribution in [0.3, 0.4) is 0 Å². The molecule has 1 unspecified atom stereocenters. The van der Waals surface area contributed by atoms with Crippen molar-refractivity contribution < 1.29 is 14.7 Å². The van der Waals surface area contributed by atoms with Gasteiger partial charge in [-0.25, -0.2) is 9.59 Å². The van der Waals surface area contributed by atoms with Gasteiger partial charge in [-0.1, -0.05) is 20.3 Å². The Hall–Kier alpha value is -1.26. The molecule has 114 valence electrons. The molecule has 1 saturated carbocycles. The Labute approximate surface area is 120 Å². The van der Waals surface area contributed by atoms with Gasteiger partial charge in [0.15, 0.2) is 0 Å². The molecule has 0 radical (unpaired) electrons. The Morgan fingerprint density at radius 2 is 2.05 bits per heavy atom. The third-order valence-corrected chi connectivity index (χ3v) is 4.69. The highest BCUT2D eigenvalue weighted by atomic mass is 16.4. The monoisotopic (exact) mass is 282 g/mol. The molecule has 1 atom stereocenters. The molecule has 2 rings (SSSR count). The molecule has 0 bridgehead atoms. The van der Waals surface area contributed by atoms with E-state index in [2.05, 4.69) is 6.92 Å². The number of hydrogen-bond donors (Lipinski definition) is 1. The average Bonchev–Trinajstić information content (AvgIpc) is 3.16. The van der Waals surface area contributed by atoms with Crippen LogP contribution in [0.1, 0.15) is 58.8 Å². The molecular formula is C15H26N2O3. The van der Waals surface area contributed by atoms with Gasteiger partial charge in [0.2, 0.25) is 0 Å². The van der Waals surface area contributed by atoms with Gasteiger partial charge in [-0.2, -0.15) is 0 Å². The lowest BCUT2D eigenvalue weighted by molar-refractivity contribution is -0.148. The van der Waals surface area contributed by atoms with Crippen LogP contribution in [0.4, 0.5) is 4.79 Å². The topological polar surface area (TPSA) is 60.9 Å². The average molecular weight is 282 g/mol. The van der Waals surface area contributed by atoms with Gasteiger partial charge in [0, 0.05) is 19.1 Å². The van der Waals surface area contributed by atoms with Gasteiger partial charge in [-0.05, 0) is 38.5 Å². The number of unbranched alkanes of at least 4 members (excludes halogenated alkanes) is 1. The Morgan fingerprint density at radius 1 is 1.35 bits per heavy atom. The van der Waals surface area contributed by atoms with E-state index in [1.807, 2.05) is 11.8 Å². The Balaban J connectivity index is 2.14. The van der Waals surface area contributed by atoms with Gasteiger partial charge < -0.3 is 14.9 Å². The van der Waals surface area contributed by atoms with Gasteiger partial charge in [0.05, 0.1) is 0 Å². The molecule has 5 heteroatoms. The van der Waals surface area contributed by atoms with Crippen LogP contribution in [0.15, 0.2) is 0 Å². The van der Waals surface area contributed by atoms with Crippen LogP contribution in [0.2, 0.25) is 0 Å². The van der Waals surface area contributed by atoms with E-state index in [1.165, 1.54) is 0 Å². The Kier molecular flexibility index (Phi) is 4.55. The number of urea groups is 1. The highest BCUT2D eigenvalue weighted by Crippen LogP contribution is 2.36. The maximum atomic E-state index is 12.8. The lowest BCUT2D eigenvalue weighted by Crippen LogP contribution is -2.57. The molecule has 1 heterocycles. The maximum Gasteiger partial charge on any atom is 0.329 e. The van der Waals surface area contributed by atoms with E-state index in [1.54, 1.807) is 4.90 Å². The Morgan fingerprint density at radius 3 is 2.55 bits per heavy atom. The van der Waals surface area contributed by atoms with Crippen molar-refractivity contribution in [2.45, 2.75) is 70.4 Å². The number of carboxylic acid groups (broad SMARTS) is 1. The van der Waals surface area contributed by atoms with Crippen molar-refractivity contribution in [2.75, 3.05) is 13.1 Å². The summed E-state index contributed by atoms with van der Waals surface area (Å²) in [5.41, 5.74) is -0.976. The van der Waals surface area contributed by atoms with Gasteiger partial charge in [-0.15, -0.1) is 0 Å². The number of carbonyl (C=O) groups is 2. The molecule has 0 aromatic heterocycles. The molecule has 1 aliphatic carbocycles. The van der Waals surface area contributed by atoms with Gasteiger partial charge in [-0.3, -0.25) is 0 Å². The molecule has 1 aliphatic heterocycles. The minimum atomic E-state index is -0.976. The molecule has 2 fully saturated rings. The van der Waals surface area contributed by atoms with Crippen LogP contribution in [0.25, 0.3) is 0 Å². The molecule has 2 aliphatic rings. The molecule has 5 nitrogen and oxygen atoms in total. The first-order valence-electron chi connectivity index (χ1n) is 7.88. The highest BCUT2D eigenvalue weighted by Gasteiger charge is 2.50. The Bertz CT molecular complexity index is 381. The van der Waals surface area contributed by atoms with Crippen LogP contribution in [-0.2, 0) is 4.79 Å². The number of carbonyl (C=O) groups excluding carboxylic acids is 1. The molecule has 20 heavy (non-hydrogen) atoms. The SMILES string of the molecule is CCCCN(C(=O)N1CCCC1(CC)C(=O)O)C1CC1. The van der Waals surface area contributed by atoms with Crippen LogP contribution >= 0.6 is 0 Å². The number of nitrogens with zero attached hydrogens (tertiary/aromatic N) is 2. The normalized spacial score (nSPS) is 25.8. The minimum Gasteiger partial charge on any atom is -0.479 e. The number of aliphatic carboxylic acids is 1. The van der Waals surface area contributed by atoms with E-state index in [0.717, 1.165) is 38.6 Å². The van der Waals surface area contributed by atoms with E-state index in [4.69, 9.17) is 0 Å². The lowest BCUT2D eigenvalue weighted by Gasteiger charge is -2.37. The van der Waals surface area contributed by atoms with Crippen molar-refractivity contribution in [1.82, 2.24) is 9.80 Å². The summed E-state index contributed by atoms with van der Waals surface area (Å²) in [5, 5.41) is 9.58. The lowest BCUT2D eigenvalue weighted by atomic mass is 9.93. The zero-order chi connectivity index (χ0) is 14.8. The van der Waals surface area contributed by atoms with Crippen molar-refractivity contribution >= 4 is 12.0 Å². The summed E-state index contributed by atoms with van der Waals surface area (Å²) in [7, 11) is 0. The zero-order valence-electron chi connectivity index (χ0n) is 12.6. The van der Waals surface area contributed by atoms with E-state index in [9.17, 15) is 14.7 Å². The first kappa shape index (κ1) is 15.1. The van der Waals surface area contributed by atoms with Gasteiger partial charge in [0.1, 0.15) is 5.54 Å². The fourth-order valence-corrected chi connectivity index (χ4v) is 3.20. The summed E-state index contributed by atoms with van der Waals surface area (Å²) in [4.78, 5) is 28.0. The van der Waals surface area contributed by atoms with Crippen molar-refractivity contribution in [1.29, 1.82) is 0 Å². The second-order valence-corrected chi connectivity index (χ2v) is 6.01. The predicted octanol–water partition coefficient (Wildman–Crippen LogP) is 2.70. The maximum absolute atomic E-state index is 12.8. The summed E-state index contributed by atoms with van der Waals surface area (Å²) in [5.74, 6) is -0.850. The van der Waals surface area contributed by atoms with Crippen LogP contribution < -0.4 is 0 Å². The summed E-state index contributed by atoms with van der Waals surface area (Å²) >= 11 is 0. The molecule has 1 N–H and O–H groups in total. The van der Waals surface area contributed by atoms with Crippen molar-refractivity contribution in [3.8, 4) is 0 Å². The summed E-state index contributed by atoms with van der Waals surface area (Å²) in [6.45, 7) is 5.32. The second kappa shape index (κ2) is 6.02. The van der Waals surface area contributed by atoms with Crippen molar-refractivity contribution in [3.05, 3.63) is 0 Å². The molecular weight excluding hydrogens is 256 g/mol. The van der Waals surface area contributed by atoms with Crippen LogP contribution in [0.5, 0.6) is 0 Å². The number of likely N-dealkylation sites (tertiary alicyclic amines) is 1. The summed E-state index contributed by atoms with van der Waals surface area (Å²) in [6, 6.07) is 0.292. The van der Waals surface area contributed by atoms with Crippen molar-refractivity contribution in [2.24, 2.45) is 0 Å². The smallest absolute Gasteiger partial charge is 0.329 e. The molecule has 0 aromatic rings. The first-order valence-corrected chi connectivity index (χ1v) is 7.88. The zero-order valence-corrected chi connectivity index (χ0v) is 12.6. The highest BCUT2D eigenvalue weighted by molar-refractivity contribution is 5.87. The number of amides is 2. The minimum absolute atomic E-state index is 0.0531. The second-order valence-electron chi connectivity index (χ2n) is 6.01. The van der Waals surface area contributed by atoms with Crippen molar-refractivity contribution in [3.63, 3.8) is 0 Å². The third kappa shape index (κ3) is 2.63. The summed E-state index contributed by atoms with van der Waals surface area (Å²) in [6.07, 6.45) is 6.02. The van der Waals surface area contributed by atoms with Gasteiger partial charge in [0.25, 0.3) is 0 Å². The number of carboxylic acids is 1. The van der Waals surface area contributed by atoms with Crippen LogP contribution in [0, 0.1) is 0 Å². The summed E-state index contributed by atoms with van der Waals surface area (Å²) < 4.78 is 0. The molecule has 0 aromatic carbocycles. The van der Waals surface area contributed by atoms with E-state index >= 15 is 0 Å². The van der Waals surface area contributed by atoms with E-state index in [0.29, 0.717) is 25.4 Å². The number of hydrogen-bond acceptors (Lipinski definition) is 2. The molecule has 1 saturated heterocycles. The van der Waals surface area contributed by atoms with Crippen LogP contribution in [-0.4, -0.2) is 51.6 Å². The quantitative estimate of drug-likeness (QED) is 0.814. The predicted molar refractivity (Wildman–Crippen MR) is 76.6 cm³/mol. The molecule has 2 amide bonds. The largest absolute Gasteiger partial charge is 0.479 e. The van der Waals surface area contributed by atoms with E-state index in [-0.39, 0.29) is 6.03 Å². The molecule has 0 spiro atoms. The van der Waals surface area contributed by atoms with Gasteiger partial charge >= 0.3 is 12.0 Å². The van der Waals surface area contributed by atoms with E-state index < -0.39 is 11.5 Å². The fourth-order valence-electron chi connectivity index (χ4n) is 3.20.